The zero-order valence-electron chi connectivity index (χ0n) is 4.11. The Morgan fingerprint density at radius 3 is 2.88 bits per heavy atom. The summed E-state index contributed by atoms with van der Waals surface area (Å²) in [4.78, 5) is 11.5. The number of nitrogens with zero attached hydrogens (tertiary/aromatic N) is 2. The maximum absolute atomic E-state index is 4.76. The first-order chi connectivity index (χ1) is 3.93. The standard InChI is InChI=1S/C4H5N3O/c5-8-4-1-2-6-3-7-4/h1-3H,5H2. The van der Waals surface area contributed by atoms with Gasteiger partial charge in [0.15, 0.2) is 0 Å². The summed E-state index contributed by atoms with van der Waals surface area (Å²) in [6.45, 7) is 0. The van der Waals surface area contributed by atoms with Crippen molar-refractivity contribution in [3.05, 3.63) is 18.6 Å². The minimum absolute atomic E-state index is 0.375. The SMILES string of the molecule is NOc1ccncn1. The molecule has 0 aromatic carbocycles. The molecule has 2 N–H and O–H groups in total. The van der Waals surface area contributed by atoms with Gasteiger partial charge in [0.1, 0.15) is 6.33 Å². The Labute approximate surface area is 46.3 Å². The smallest absolute Gasteiger partial charge is 0.240 e. The molecule has 0 amide bonds. The summed E-state index contributed by atoms with van der Waals surface area (Å²) < 4.78 is 0. The number of nitrogens with two attached hydrogens (primary N) is 1. The lowest BCUT2D eigenvalue weighted by Gasteiger charge is -1.90. The second-order valence-electron chi connectivity index (χ2n) is 1.17. The Morgan fingerprint density at radius 2 is 2.50 bits per heavy atom. The molecule has 42 valence electrons. The highest BCUT2D eigenvalue weighted by atomic mass is 16.6. The Morgan fingerprint density at radius 1 is 1.62 bits per heavy atom. The molecule has 1 aromatic rings. The molecule has 0 fully saturated rings. The van der Waals surface area contributed by atoms with Crippen molar-refractivity contribution in [1.82, 2.24) is 9.97 Å². The van der Waals surface area contributed by atoms with Crippen molar-refractivity contribution in [3.8, 4) is 5.88 Å². The Kier molecular flexibility index (Phi) is 1.39. The monoisotopic (exact) mass is 111 g/mol. The largest absolute Gasteiger partial charge is 0.391 e. The van der Waals surface area contributed by atoms with Crippen LogP contribution < -0.4 is 10.7 Å². The molecule has 0 aliphatic carbocycles. The molecule has 0 aliphatic rings. The van der Waals surface area contributed by atoms with Gasteiger partial charge < -0.3 is 4.84 Å². The summed E-state index contributed by atoms with van der Waals surface area (Å²) in [5.74, 6) is 5.13. The van der Waals surface area contributed by atoms with E-state index >= 15 is 0 Å². The fraction of sp³-hybridized carbons (Fsp3) is 0. The van der Waals surface area contributed by atoms with Crippen molar-refractivity contribution < 1.29 is 4.84 Å². The maximum atomic E-state index is 4.76. The van der Waals surface area contributed by atoms with Crippen LogP contribution in [0.4, 0.5) is 0 Å². The van der Waals surface area contributed by atoms with Gasteiger partial charge in [0.2, 0.25) is 5.88 Å². The molecular weight excluding hydrogens is 106 g/mol. The van der Waals surface area contributed by atoms with E-state index in [0.717, 1.165) is 0 Å². The van der Waals surface area contributed by atoms with Gasteiger partial charge in [0.25, 0.3) is 0 Å². The van der Waals surface area contributed by atoms with E-state index in [9.17, 15) is 0 Å². The average Bonchev–Trinajstić information content (AvgIpc) is 1.90. The molecule has 0 bridgehead atoms. The predicted octanol–water partition coefficient (Wildman–Crippen LogP) is -0.271. The molecule has 0 unspecified atom stereocenters. The van der Waals surface area contributed by atoms with Gasteiger partial charge in [-0.15, -0.1) is 0 Å². The van der Waals surface area contributed by atoms with Gasteiger partial charge in [-0.3, -0.25) is 0 Å². The van der Waals surface area contributed by atoms with Crippen LogP contribution in [0.1, 0.15) is 0 Å². The zero-order chi connectivity index (χ0) is 5.82. The third-order valence-corrected chi connectivity index (χ3v) is 0.676. The van der Waals surface area contributed by atoms with Crippen molar-refractivity contribution in [1.29, 1.82) is 0 Å². The molecule has 0 aliphatic heterocycles. The summed E-state index contributed by atoms with van der Waals surface area (Å²) in [6, 6.07) is 1.57. The van der Waals surface area contributed by atoms with Gasteiger partial charge >= 0.3 is 0 Å². The van der Waals surface area contributed by atoms with Gasteiger partial charge in [0, 0.05) is 12.3 Å². The molecule has 8 heavy (non-hydrogen) atoms. The van der Waals surface area contributed by atoms with E-state index in [0.29, 0.717) is 5.88 Å². The lowest BCUT2D eigenvalue weighted by Crippen LogP contribution is -2.02. The molecule has 0 atom stereocenters. The summed E-state index contributed by atoms with van der Waals surface area (Å²) in [7, 11) is 0. The highest BCUT2D eigenvalue weighted by molar-refractivity contribution is 5.03. The molecule has 0 saturated heterocycles. The number of aromatic nitrogens is 2. The van der Waals surface area contributed by atoms with Gasteiger partial charge in [-0.05, 0) is 0 Å². The molecule has 4 nitrogen and oxygen atoms in total. The number of hydrogen-bond donors (Lipinski definition) is 1. The fourth-order valence-corrected chi connectivity index (χ4v) is 0.348. The van der Waals surface area contributed by atoms with Crippen molar-refractivity contribution in [2.75, 3.05) is 0 Å². The van der Waals surface area contributed by atoms with E-state index in [2.05, 4.69) is 14.8 Å². The molecule has 1 heterocycles. The van der Waals surface area contributed by atoms with Crippen molar-refractivity contribution in [3.63, 3.8) is 0 Å². The lowest BCUT2D eigenvalue weighted by molar-refractivity contribution is 0.320. The van der Waals surface area contributed by atoms with E-state index in [1.54, 1.807) is 12.3 Å². The zero-order valence-corrected chi connectivity index (χ0v) is 4.11. The number of rotatable bonds is 1. The van der Waals surface area contributed by atoms with E-state index in [1.165, 1.54) is 6.33 Å². The Hall–Kier alpha value is -1.16. The van der Waals surface area contributed by atoms with Crippen LogP contribution >= 0.6 is 0 Å². The minimum atomic E-state index is 0.375. The van der Waals surface area contributed by atoms with Crippen LogP contribution in [0.25, 0.3) is 0 Å². The first kappa shape index (κ1) is 4.99. The molecule has 0 radical (unpaired) electrons. The molecule has 0 saturated carbocycles. The Balaban J connectivity index is 2.83. The topological polar surface area (TPSA) is 61.0 Å². The molecular formula is C4H5N3O. The molecule has 4 heteroatoms. The number of hydrogen-bond acceptors (Lipinski definition) is 4. The second-order valence-corrected chi connectivity index (χ2v) is 1.17. The first-order valence-corrected chi connectivity index (χ1v) is 2.06. The van der Waals surface area contributed by atoms with Crippen molar-refractivity contribution >= 4 is 0 Å². The second kappa shape index (κ2) is 2.23. The summed E-state index contributed by atoms with van der Waals surface area (Å²) >= 11 is 0. The minimum Gasteiger partial charge on any atom is -0.391 e. The van der Waals surface area contributed by atoms with Crippen LogP contribution in [0.2, 0.25) is 0 Å². The highest BCUT2D eigenvalue weighted by Crippen LogP contribution is 1.96. The van der Waals surface area contributed by atoms with Crippen LogP contribution in [0.3, 0.4) is 0 Å². The average molecular weight is 111 g/mol. The normalized spacial score (nSPS) is 8.62. The third-order valence-electron chi connectivity index (χ3n) is 0.676. The van der Waals surface area contributed by atoms with E-state index < -0.39 is 0 Å². The van der Waals surface area contributed by atoms with Crippen LogP contribution in [-0.2, 0) is 0 Å². The van der Waals surface area contributed by atoms with Gasteiger partial charge in [-0.2, -0.15) is 5.90 Å². The van der Waals surface area contributed by atoms with E-state index in [-0.39, 0.29) is 0 Å². The van der Waals surface area contributed by atoms with Crippen LogP contribution in [0.15, 0.2) is 18.6 Å². The fourth-order valence-electron chi connectivity index (χ4n) is 0.348. The summed E-state index contributed by atoms with van der Waals surface area (Å²) in [5, 5.41) is 0. The lowest BCUT2D eigenvalue weighted by atomic mass is 10.6. The quantitative estimate of drug-likeness (QED) is 0.507. The van der Waals surface area contributed by atoms with Crippen molar-refractivity contribution in [2.24, 2.45) is 5.90 Å². The molecule has 1 rings (SSSR count). The molecule has 1 aromatic heterocycles. The van der Waals surface area contributed by atoms with Gasteiger partial charge in [-0.1, -0.05) is 0 Å². The highest BCUT2D eigenvalue weighted by Gasteiger charge is 1.84. The first-order valence-electron chi connectivity index (χ1n) is 2.06. The maximum Gasteiger partial charge on any atom is 0.240 e. The Bertz CT molecular complexity index is 153. The van der Waals surface area contributed by atoms with Crippen LogP contribution in [0, 0.1) is 0 Å². The predicted molar refractivity (Wildman–Crippen MR) is 26.8 cm³/mol. The van der Waals surface area contributed by atoms with Crippen molar-refractivity contribution in [2.45, 2.75) is 0 Å². The summed E-state index contributed by atoms with van der Waals surface area (Å²) in [6.07, 6.45) is 2.91. The van der Waals surface area contributed by atoms with E-state index in [1.807, 2.05) is 0 Å². The summed E-state index contributed by atoms with van der Waals surface area (Å²) in [5.41, 5.74) is 0. The van der Waals surface area contributed by atoms with Gasteiger partial charge in [-0.25, -0.2) is 9.97 Å². The van der Waals surface area contributed by atoms with Crippen LogP contribution in [-0.4, -0.2) is 9.97 Å². The van der Waals surface area contributed by atoms with Gasteiger partial charge in [0.05, 0.1) is 0 Å². The molecule has 0 spiro atoms. The van der Waals surface area contributed by atoms with Crippen LogP contribution in [0.5, 0.6) is 5.88 Å². The van der Waals surface area contributed by atoms with E-state index in [4.69, 9.17) is 5.90 Å². The third kappa shape index (κ3) is 0.913.